The minimum Gasteiger partial charge on any atom is -0.305 e. The number of rotatable bonds is 4. The van der Waals surface area contributed by atoms with Gasteiger partial charge in [0.1, 0.15) is 5.65 Å². The van der Waals surface area contributed by atoms with E-state index in [0.29, 0.717) is 11.1 Å². The Morgan fingerprint density at radius 3 is 2.09 bits per heavy atom. The molecule has 0 bridgehead atoms. The van der Waals surface area contributed by atoms with E-state index in [1.165, 1.54) is 0 Å². The van der Waals surface area contributed by atoms with E-state index in [4.69, 9.17) is 10.2 Å². The summed E-state index contributed by atoms with van der Waals surface area (Å²) in [7, 11) is 2.18. The van der Waals surface area contributed by atoms with Crippen LogP contribution >= 0.6 is 0 Å². The highest BCUT2D eigenvalue weighted by molar-refractivity contribution is 5.70. The lowest BCUT2D eigenvalue weighted by Gasteiger charge is -2.21. The molecule has 1 aliphatic heterocycles. The molecule has 0 aliphatic carbocycles. The molecule has 0 atom stereocenters. The second-order valence-electron chi connectivity index (χ2n) is 8.86. The summed E-state index contributed by atoms with van der Waals surface area (Å²) < 4.78 is 2.20. The third kappa shape index (κ3) is 4.43. The highest BCUT2D eigenvalue weighted by Gasteiger charge is 2.19. The first kappa shape index (κ1) is 21.9. The van der Waals surface area contributed by atoms with Crippen molar-refractivity contribution in [3.8, 4) is 34.5 Å². The molecule has 1 saturated heterocycles. The van der Waals surface area contributed by atoms with E-state index in [-0.39, 0.29) is 0 Å². The first-order chi connectivity index (χ1) is 16.6. The maximum atomic E-state index is 9.21. The highest BCUT2D eigenvalue weighted by atomic mass is 15.2. The van der Waals surface area contributed by atoms with Gasteiger partial charge in [-0.3, -0.25) is 4.90 Å². The number of fused-ring (bicyclic) bond motifs is 1. The fourth-order valence-electron chi connectivity index (χ4n) is 4.56. The van der Waals surface area contributed by atoms with Crippen LogP contribution in [0.15, 0.2) is 66.9 Å². The Kier molecular flexibility index (Phi) is 6.10. The summed E-state index contributed by atoms with van der Waals surface area (Å²) in [5.74, 6) is 0. The summed E-state index contributed by atoms with van der Waals surface area (Å²) in [4.78, 5) is 9.90. The lowest BCUT2D eigenvalue weighted by atomic mass is 10.1. The normalized spacial score (nSPS) is 15.0. The van der Waals surface area contributed by atoms with E-state index in [1.807, 2.05) is 48.5 Å². The Morgan fingerprint density at radius 2 is 1.41 bits per heavy atom. The van der Waals surface area contributed by atoms with Gasteiger partial charge in [-0.1, -0.05) is 24.3 Å². The van der Waals surface area contributed by atoms with E-state index in [2.05, 4.69) is 51.7 Å². The lowest BCUT2D eigenvalue weighted by Crippen LogP contribution is -2.29. The zero-order valence-electron chi connectivity index (χ0n) is 19.3. The summed E-state index contributed by atoms with van der Waals surface area (Å²) in [5.41, 5.74) is 7.48. The topological polar surface area (TPSA) is 71.4 Å². The molecule has 1 aliphatic rings. The van der Waals surface area contributed by atoms with Crippen LogP contribution in [0.4, 0.5) is 0 Å². The number of hydrogen-bond acceptors (Lipinski definition) is 5. The zero-order valence-corrected chi connectivity index (χ0v) is 19.3. The van der Waals surface area contributed by atoms with Crippen LogP contribution in [0.2, 0.25) is 0 Å². The molecule has 5 rings (SSSR count). The molecule has 4 aromatic rings. The van der Waals surface area contributed by atoms with Gasteiger partial charge in [0.05, 0.1) is 34.7 Å². The lowest BCUT2D eigenvalue weighted by molar-refractivity contribution is 0.266. The highest BCUT2D eigenvalue weighted by Crippen LogP contribution is 2.29. The fraction of sp³-hybridized carbons (Fsp3) is 0.250. The van der Waals surface area contributed by atoms with Gasteiger partial charge in [0.2, 0.25) is 0 Å². The number of nitriles is 2. The first-order valence-electron chi connectivity index (χ1n) is 11.6. The number of nitrogens with zero attached hydrogens (tertiary/aromatic N) is 6. The van der Waals surface area contributed by atoms with Crippen molar-refractivity contribution < 1.29 is 0 Å². The molecule has 0 spiro atoms. The van der Waals surface area contributed by atoms with Crippen molar-refractivity contribution in [3.05, 3.63) is 83.7 Å². The Bertz CT molecular complexity index is 1390. The van der Waals surface area contributed by atoms with E-state index in [1.54, 1.807) is 0 Å². The van der Waals surface area contributed by atoms with Crippen LogP contribution in [0.1, 0.15) is 23.2 Å². The summed E-state index contributed by atoms with van der Waals surface area (Å²) >= 11 is 0. The second kappa shape index (κ2) is 9.49. The Labute approximate surface area is 199 Å². The smallest absolute Gasteiger partial charge is 0.137 e. The van der Waals surface area contributed by atoms with E-state index < -0.39 is 0 Å². The molecule has 1 fully saturated rings. The molecule has 0 radical (unpaired) electrons. The molecule has 0 N–H and O–H groups in total. The number of imidazole rings is 1. The van der Waals surface area contributed by atoms with Crippen molar-refractivity contribution in [3.63, 3.8) is 0 Å². The van der Waals surface area contributed by atoms with E-state index >= 15 is 0 Å². The summed E-state index contributed by atoms with van der Waals surface area (Å²) in [6.07, 6.45) is 3.30. The average Bonchev–Trinajstić information content (AvgIpc) is 3.10. The van der Waals surface area contributed by atoms with Crippen LogP contribution in [0.25, 0.3) is 28.0 Å². The maximum Gasteiger partial charge on any atom is 0.137 e. The molecule has 0 saturated carbocycles. The van der Waals surface area contributed by atoms with Gasteiger partial charge in [-0.15, -0.1) is 0 Å². The van der Waals surface area contributed by atoms with Crippen LogP contribution in [0.3, 0.4) is 0 Å². The Morgan fingerprint density at radius 1 is 0.765 bits per heavy atom. The number of likely N-dealkylation sites (N-methyl/N-ethyl adjacent to an activating group) is 1. The van der Waals surface area contributed by atoms with Crippen molar-refractivity contribution in [1.29, 1.82) is 10.5 Å². The predicted molar refractivity (Wildman–Crippen MR) is 133 cm³/mol. The molecular weight excluding hydrogens is 420 g/mol. The van der Waals surface area contributed by atoms with Gasteiger partial charge >= 0.3 is 0 Å². The second-order valence-corrected chi connectivity index (χ2v) is 8.86. The number of benzene rings is 2. The van der Waals surface area contributed by atoms with E-state index in [0.717, 1.165) is 72.9 Å². The molecule has 168 valence electrons. The van der Waals surface area contributed by atoms with E-state index in [9.17, 15) is 5.26 Å². The van der Waals surface area contributed by atoms with Crippen LogP contribution < -0.4 is 0 Å². The number of pyridine rings is 1. The summed E-state index contributed by atoms with van der Waals surface area (Å²) in [5, 5.41) is 18.3. The molecule has 2 aromatic carbocycles. The van der Waals surface area contributed by atoms with Crippen LogP contribution in [-0.2, 0) is 6.54 Å². The molecule has 6 heteroatoms. The molecule has 0 unspecified atom stereocenters. The molecule has 0 amide bonds. The van der Waals surface area contributed by atoms with Crippen molar-refractivity contribution in [1.82, 2.24) is 19.2 Å². The van der Waals surface area contributed by atoms with Gasteiger partial charge in [0, 0.05) is 31.4 Å². The molecule has 2 aromatic heterocycles. The van der Waals surface area contributed by atoms with Gasteiger partial charge in [0.25, 0.3) is 0 Å². The summed E-state index contributed by atoms with van der Waals surface area (Å²) in [6.45, 7) is 5.06. The van der Waals surface area contributed by atoms with Gasteiger partial charge in [-0.05, 0) is 74.1 Å². The molecular formula is C28H26N6. The van der Waals surface area contributed by atoms with Crippen LogP contribution in [0, 0.1) is 22.7 Å². The van der Waals surface area contributed by atoms with Crippen molar-refractivity contribution >= 4 is 5.65 Å². The standard InChI is InChI=1S/C28H26N6/c1-32-13-2-14-33(16-15-32)20-26-28(24-9-5-22(18-30)6-10-24)31-27-12-11-25(19-34(26)27)23-7-3-21(17-29)4-8-23/h3-12,19H,2,13-16,20H2,1H3. The number of aromatic nitrogens is 2. The first-order valence-corrected chi connectivity index (χ1v) is 11.6. The van der Waals surface area contributed by atoms with Gasteiger partial charge in [-0.25, -0.2) is 4.98 Å². The third-order valence-corrected chi connectivity index (χ3v) is 6.54. The molecule has 3 heterocycles. The number of hydrogen-bond donors (Lipinski definition) is 0. The predicted octanol–water partition coefficient (Wildman–Crippen LogP) is 4.55. The quantitative estimate of drug-likeness (QED) is 0.460. The van der Waals surface area contributed by atoms with Gasteiger partial charge in [0.15, 0.2) is 0 Å². The Balaban J connectivity index is 1.59. The Hall–Kier alpha value is -3.97. The van der Waals surface area contributed by atoms with Crippen molar-refractivity contribution in [2.45, 2.75) is 13.0 Å². The van der Waals surface area contributed by atoms with Gasteiger partial charge in [-0.2, -0.15) is 10.5 Å². The molecule has 34 heavy (non-hydrogen) atoms. The van der Waals surface area contributed by atoms with Crippen LogP contribution in [0.5, 0.6) is 0 Å². The third-order valence-electron chi connectivity index (χ3n) is 6.54. The zero-order chi connectivity index (χ0) is 23.5. The minimum absolute atomic E-state index is 0.646. The fourth-order valence-corrected chi connectivity index (χ4v) is 4.56. The summed E-state index contributed by atoms with van der Waals surface area (Å²) in [6, 6.07) is 23.9. The maximum absolute atomic E-state index is 9.21. The minimum atomic E-state index is 0.646. The van der Waals surface area contributed by atoms with Crippen molar-refractivity contribution in [2.75, 3.05) is 33.2 Å². The largest absolute Gasteiger partial charge is 0.305 e. The van der Waals surface area contributed by atoms with Crippen molar-refractivity contribution in [2.24, 2.45) is 0 Å². The average molecular weight is 447 g/mol. The molecule has 6 nitrogen and oxygen atoms in total. The SMILES string of the molecule is CN1CCCN(Cc2c(-c3ccc(C#N)cc3)nc3ccc(-c4ccc(C#N)cc4)cn23)CC1. The van der Waals surface area contributed by atoms with Crippen LogP contribution in [-0.4, -0.2) is 52.4 Å². The monoisotopic (exact) mass is 446 g/mol. The van der Waals surface area contributed by atoms with Gasteiger partial charge < -0.3 is 9.30 Å².